The molecule has 0 saturated heterocycles. The van der Waals surface area contributed by atoms with Gasteiger partial charge in [0.2, 0.25) is 0 Å². The molecule has 2 aromatic carbocycles. The van der Waals surface area contributed by atoms with E-state index in [-0.39, 0.29) is 5.91 Å². The van der Waals surface area contributed by atoms with Gasteiger partial charge in [-0.15, -0.1) is 0 Å². The Balaban J connectivity index is 2.04. The lowest BCUT2D eigenvalue weighted by Crippen LogP contribution is -2.23. The fraction of sp³-hybridized carbons (Fsp3) is 0.188. The molecule has 0 spiro atoms. The first-order valence-electron chi connectivity index (χ1n) is 6.31. The van der Waals surface area contributed by atoms with E-state index in [0.29, 0.717) is 6.54 Å². The average Bonchev–Trinajstić information content (AvgIpc) is 2.45. The van der Waals surface area contributed by atoms with Crippen molar-refractivity contribution in [2.45, 2.75) is 13.5 Å². The van der Waals surface area contributed by atoms with Crippen LogP contribution in [0.15, 0.2) is 48.5 Å². The monoisotopic (exact) mass is 254 g/mol. The maximum atomic E-state index is 12.1. The highest BCUT2D eigenvalue weighted by atomic mass is 16.1. The second-order valence-corrected chi connectivity index (χ2v) is 4.45. The zero-order valence-electron chi connectivity index (χ0n) is 11.2. The molecule has 0 fully saturated rings. The zero-order chi connectivity index (χ0) is 13.7. The van der Waals surface area contributed by atoms with Gasteiger partial charge in [-0.05, 0) is 36.2 Å². The highest BCUT2D eigenvalue weighted by Crippen LogP contribution is 2.14. The summed E-state index contributed by atoms with van der Waals surface area (Å²) >= 11 is 0. The first-order valence-corrected chi connectivity index (χ1v) is 6.31. The van der Waals surface area contributed by atoms with E-state index in [1.165, 1.54) is 0 Å². The van der Waals surface area contributed by atoms with E-state index in [2.05, 4.69) is 10.6 Å². The molecule has 1 amide bonds. The van der Waals surface area contributed by atoms with E-state index in [1.54, 1.807) is 0 Å². The molecule has 2 aromatic rings. The number of benzene rings is 2. The van der Waals surface area contributed by atoms with Crippen LogP contribution in [0.3, 0.4) is 0 Å². The third-order valence-electron chi connectivity index (χ3n) is 3.06. The molecule has 0 unspecified atom stereocenters. The molecule has 0 aromatic heterocycles. The Bertz CT molecular complexity index is 564. The number of nitrogens with one attached hydrogen (secondary N) is 2. The second kappa shape index (κ2) is 6.05. The summed E-state index contributed by atoms with van der Waals surface area (Å²) in [6, 6.07) is 15.6. The van der Waals surface area contributed by atoms with Crippen molar-refractivity contribution in [3.8, 4) is 0 Å². The number of hydrogen-bond donors (Lipinski definition) is 2. The molecular formula is C16H18N2O. The van der Waals surface area contributed by atoms with Gasteiger partial charge in [-0.3, -0.25) is 4.79 Å². The molecular weight excluding hydrogens is 236 g/mol. The van der Waals surface area contributed by atoms with Gasteiger partial charge in [0.25, 0.3) is 5.91 Å². The first-order chi connectivity index (χ1) is 9.20. The SMILES string of the molecule is CNc1ccc(C(=O)NCc2ccccc2)c(C)c1. The largest absolute Gasteiger partial charge is 0.388 e. The lowest BCUT2D eigenvalue weighted by atomic mass is 10.1. The molecule has 0 saturated carbocycles. The van der Waals surface area contributed by atoms with Crippen molar-refractivity contribution < 1.29 is 4.79 Å². The molecule has 0 aliphatic rings. The van der Waals surface area contributed by atoms with Gasteiger partial charge in [0, 0.05) is 24.8 Å². The maximum absolute atomic E-state index is 12.1. The van der Waals surface area contributed by atoms with Gasteiger partial charge in [0.05, 0.1) is 0 Å². The topological polar surface area (TPSA) is 41.1 Å². The fourth-order valence-corrected chi connectivity index (χ4v) is 1.95. The van der Waals surface area contributed by atoms with Crippen LogP contribution in [-0.2, 0) is 6.54 Å². The van der Waals surface area contributed by atoms with E-state index in [4.69, 9.17) is 0 Å². The first kappa shape index (κ1) is 13.1. The predicted octanol–water partition coefficient (Wildman–Crippen LogP) is 2.97. The van der Waals surface area contributed by atoms with E-state index in [1.807, 2.05) is 62.5 Å². The van der Waals surface area contributed by atoms with Gasteiger partial charge in [0.15, 0.2) is 0 Å². The van der Waals surface area contributed by atoms with Crippen LogP contribution in [-0.4, -0.2) is 13.0 Å². The van der Waals surface area contributed by atoms with Crippen molar-refractivity contribution in [1.82, 2.24) is 5.32 Å². The maximum Gasteiger partial charge on any atom is 0.251 e. The Labute approximate surface area is 113 Å². The van der Waals surface area contributed by atoms with Crippen LogP contribution < -0.4 is 10.6 Å². The third kappa shape index (κ3) is 3.35. The van der Waals surface area contributed by atoms with Crippen molar-refractivity contribution >= 4 is 11.6 Å². The average molecular weight is 254 g/mol. The Morgan fingerprint density at radius 2 is 1.84 bits per heavy atom. The molecule has 0 radical (unpaired) electrons. The van der Waals surface area contributed by atoms with Crippen molar-refractivity contribution in [3.05, 3.63) is 65.2 Å². The lowest BCUT2D eigenvalue weighted by Gasteiger charge is -2.09. The summed E-state index contributed by atoms with van der Waals surface area (Å²) in [5, 5.41) is 5.99. The highest BCUT2D eigenvalue weighted by molar-refractivity contribution is 5.96. The number of aryl methyl sites for hydroxylation is 1. The van der Waals surface area contributed by atoms with Crippen LogP contribution in [0.5, 0.6) is 0 Å². The Morgan fingerprint density at radius 3 is 2.47 bits per heavy atom. The van der Waals surface area contributed by atoms with E-state index in [0.717, 1.165) is 22.4 Å². The number of carbonyl (C=O) groups excluding carboxylic acids is 1. The van der Waals surface area contributed by atoms with Crippen molar-refractivity contribution in [2.75, 3.05) is 12.4 Å². The van der Waals surface area contributed by atoms with Gasteiger partial charge in [-0.25, -0.2) is 0 Å². The predicted molar refractivity (Wildman–Crippen MR) is 78.3 cm³/mol. The van der Waals surface area contributed by atoms with Gasteiger partial charge in [0.1, 0.15) is 0 Å². The summed E-state index contributed by atoms with van der Waals surface area (Å²) in [6.45, 7) is 2.49. The standard InChI is InChI=1S/C16H18N2O/c1-12-10-14(17-2)8-9-15(12)16(19)18-11-13-6-4-3-5-7-13/h3-10,17H,11H2,1-2H3,(H,18,19). The van der Waals surface area contributed by atoms with E-state index < -0.39 is 0 Å². The summed E-state index contributed by atoms with van der Waals surface area (Å²) in [5.74, 6) is -0.0380. The molecule has 3 nitrogen and oxygen atoms in total. The van der Waals surface area contributed by atoms with Crippen LogP contribution in [0.25, 0.3) is 0 Å². The molecule has 2 N–H and O–H groups in total. The molecule has 19 heavy (non-hydrogen) atoms. The van der Waals surface area contributed by atoms with Crippen molar-refractivity contribution in [1.29, 1.82) is 0 Å². The molecule has 0 bridgehead atoms. The molecule has 0 aliphatic carbocycles. The minimum absolute atomic E-state index is 0.0380. The number of anilines is 1. The third-order valence-corrected chi connectivity index (χ3v) is 3.06. The van der Waals surface area contributed by atoms with Crippen LogP contribution >= 0.6 is 0 Å². The van der Waals surface area contributed by atoms with Crippen LogP contribution in [0.2, 0.25) is 0 Å². The van der Waals surface area contributed by atoms with Gasteiger partial charge >= 0.3 is 0 Å². The number of amides is 1. The fourth-order valence-electron chi connectivity index (χ4n) is 1.95. The van der Waals surface area contributed by atoms with Gasteiger partial charge in [-0.2, -0.15) is 0 Å². The number of rotatable bonds is 4. The second-order valence-electron chi connectivity index (χ2n) is 4.45. The van der Waals surface area contributed by atoms with E-state index in [9.17, 15) is 4.79 Å². The quantitative estimate of drug-likeness (QED) is 0.880. The molecule has 98 valence electrons. The lowest BCUT2D eigenvalue weighted by molar-refractivity contribution is 0.0950. The number of hydrogen-bond acceptors (Lipinski definition) is 2. The summed E-state index contributed by atoms with van der Waals surface area (Å²) in [6.07, 6.45) is 0. The Hall–Kier alpha value is -2.29. The van der Waals surface area contributed by atoms with E-state index >= 15 is 0 Å². The molecule has 0 aliphatic heterocycles. The van der Waals surface area contributed by atoms with Crippen LogP contribution in [0.4, 0.5) is 5.69 Å². The van der Waals surface area contributed by atoms with Crippen molar-refractivity contribution in [3.63, 3.8) is 0 Å². The minimum atomic E-state index is -0.0380. The van der Waals surface area contributed by atoms with Gasteiger partial charge < -0.3 is 10.6 Å². The van der Waals surface area contributed by atoms with Crippen LogP contribution in [0, 0.1) is 6.92 Å². The number of carbonyl (C=O) groups is 1. The zero-order valence-corrected chi connectivity index (χ0v) is 11.2. The minimum Gasteiger partial charge on any atom is -0.388 e. The highest BCUT2D eigenvalue weighted by Gasteiger charge is 2.08. The summed E-state index contributed by atoms with van der Waals surface area (Å²) < 4.78 is 0. The summed E-state index contributed by atoms with van der Waals surface area (Å²) in [7, 11) is 1.87. The molecule has 0 heterocycles. The summed E-state index contributed by atoms with van der Waals surface area (Å²) in [4.78, 5) is 12.1. The Kier molecular flexibility index (Phi) is 4.18. The van der Waals surface area contributed by atoms with Crippen LogP contribution in [0.1, 0.15) is 21.5 Å². The van der Waals surface area contributed by atoms with Gasteiger partial charge in [-0.1, -0.05) is 30.3 Å². The normalized spacial score (nSPS) is 10.0. The smallest absolute Gasteiger partial charge is 0.251 e. The molecule has 2 rings (SSSR count). The summed E-state index contributed by atoms with van der Waals surface area (Å²) in [5.41, 5.74) is 3.80. The van der Waals surface area contributed by atoms with Crippen molar-refractivity contribution in [2.24, 2.45) is 0 Å². The molecule has 0 atom stereocenters. The molecule has 3 heteroatoms. The Morgan fingerprint density at radius 1 is 1.11 bits per heavy atom.